The molecular formula is C10H12N4O3. The molecule has 2 unspecified atom stereocenters. The molecule has 0 saturated carbocycles. The smallest absolute Gasteiger partial charge is 0.172 e. The third kappa shape index (κ3) is 1.64. The van der Waals surface area contributed by atoms with Gasteiger partial charge >= 0.3 is 0 Å². The van der Waals surface area contributed by atoms with Crippen molar-refractivity contribution in [1.82, 2.24) is 14.5 Å². The van der Waals surface area contributed by atoms with Gasteiger partial charge in [0.1, 0.15) is 23.9 Å². The van der Waals surface area contributed by atoms with Crippen LogP contribution in [0.4, 0.5) is 5.82 Å². The van der Waals surface area contributed by atoms with Crippen LogP contribution in [0.1, 0.15) is 12.6 Å². The third-order valence-corrected chi connectivity index (χ3v) is 2.82. The molecule has 7 heteroatoms. The van der Waals surface area contributed by atoms with Crippen molar-refractivity contribution in [2.24, 2.45) is 0 Å². The summed E-state index contributed by atoms with van der Waals surface area (Å²) >= 11 is 0. The van der Waals surface area contributed by atoms with Gasteiger partial charge in [0.15, 0.2) is 6.23 Å². The Kier molecular flexibility index (Phi) is 2.43. The lowest BCUT2D eigenvalue weighted by atomic mass is 10.2. The molecule has 7 nitrogen and oxygen atoms in total. The predicted octanol–water partition coefficient (Wildman–Crippen LogP) is 0.225. The summed E-state index contributed by atoms with van der Waals surface area (Å²) in [5.41, 5.74) is 6.44. The lowest BCUT2D eigenvalue weighted by Crippen LogP contribution is -2.11. The quantitative estimate of drug-likeness (QED) is 0.724. The van der Waals surface area contributed by atoms with Crippen molar-refractivity contribution in [1.29, 1.82) is 0 Å². The number of nitrogens with two attached hydrogens (primary N) is 1. The predicted molar refractivity (Wildman–Crippen MR) is 58.6 cm³/mol. The number of hydrogen-bond acceptors (Lipinski definition) is 6. The van der Waals surface area contributed by atoms with Crippen molar-refractivity contribution in [3.05, 3.63) is 18.6 Å². The molecule has 3 rings (SSSR count). The summed E-state index contributed by atoms with van der Waals surface area (Å²) in [6.07, 6.45) is 3.22. The maximum absolute atomic E-state index is 8.98. The minimum atomic E-state index is -0.295. The van der Waals surface area contributed by atoms with E-state index in [1.165, 1.54) is 6.33 Å². The molecule has 1 aliphatic heterocycles. The fourth-order valence-electron chi connectivity index (χ4n) is 1.93. The first-order valence-electron chi connectivity index (χ1n) is 5.29. The molecule has 3 heterocycles. The molecule has 2 atom stereocenters. The fraction of sp³-hybridized carbons (Fsp3) is 0.400. The third-order valence-electron chi connectivity index (χ3n) is 2.82. The first-order chi connectivity index (χ1) is 8.29. The molecule has 3 N–H and O–H groups in total. The lowest BCUT2D eigenvalue weighted by molar-refractivity contribution is -0.313. The van der Waals surface area contributed by atoms with Crippen LogP contribution in [-0.2, 0) is 9.78 Å². The van der Waals surface area contributed by atoms with Crippen LogP contribution in [0.5, 0.6) is 0 Å². The first-order valence-corrected chi connectivity index (χ1v) is 5.29. The Morgan fingerprint density at radius 2 is 2.35 bits per heavy atom. The fourth-order valence-corrected chi connectivity index (χ4v) is 1.93. The number of rotatable bonds is 2. The molecular weight excluding hydrogens is 224 g/mol. The first kappa shape index (κ1) is 10.5. The second-order valence-corrected chi connectivity index (χ2v) is 3.91. The topological polar surface area (TPSA) is 95.4 Å². The largest absolute Gasteiger partial charge is 0.394 e. The average molecular weight is 236 g/mol. The monoisotopic (exact) mass is 236 g/mol. The molecule has 2 aromatic heterocycles. The van der Waals surface area contributed by atoms with Crippen molar-refractivity contribution in [3.8, 4) is 0 Å². The molecule has 0 spiro atoms. The normalized spacial score (nSPS) is 24.5. The van der Waals surface area contributed by atoms with Gasteiger partial charge in [-0.2, -0.15) is 0 Å². The van der Waals surface area contributed by atoms with Crippen LogP contribution >= 0.6 is 0 Å². The number of aromatic nitrogens is 3. The van der Waals surface area contributed by atoms with E-state index in [0.717, 1.165) is 5.39 Å². The van der Waals surface area contributed by atoms with Crippen LogP contribution in [0, 0.1) is 0 Å². The second kappa shape index (κ2) is 3.95. The SMILES string of the molecule is Nc1ncnc2c1ccn2C1CC(CO)OO1. The highest BCUT2D eigenvalue weighted by atomic mass is 17.2. The Morgan fingerprint density at radius 1 is 1.47 bits per heavy atom. The van der Waals surface area contributed by atoms with E-state index in [1.807, 2.05) is 16.8 Å². The van der Waals surface area contributed by atoms with Gasteiger partial charge < -0.3 is 15.4 Å². The summed E-state index contributed by atoms with van der Waals surface area (Å²) in [4.78, 5) is 18.2. The molecule has 2 aromatic rings. The summed E-state index contributed by atoms with van der Waals surface area (Å²) < 4.78 is 1.82. The number of nitrogen functional groups attached to an aromatic ring is 1. The molecule has 0 aliphatic carbocycles. The highest BCUT2D eigenvalue weighted by Crippen LogP contribution is 2.29. The van der Waals surface area contributed by atoms with Crippen LogP contribution < -0.4 is 5.73 Å². The minimum absolute atomic E-state index is 0.0627. The average Bonchev–Trinajstić information content (AvgIpc) is 2.94. The summed E-state index contributed by atoms with van der Waals surface area (Å²) in [7, 11) is 0. The van der Waals surface area contributed by atoms with E-state index in [1.54, 1.807) is 0 Å². The van der Waals surface area contributed by atoms with Gasteiger partial charge in [0.2, 0.25) is 0 Å². The Labute approximate surface area is 96.7 Å². The molecule has 17 heavy (non-hydrogen) atoms. The van der Waals surface area contributed by atoms with Crippen molar-refractivity contribution >= 4 is 16.9 Å². The van der Waals surface area contributed by atoms with Gasteiger partial charge in [-0.25, -0.2) is 19.7 Å². The van der Waals surface area contributed by atoms with Crippen molar-refractivity contribution in [3.63, 3.8) is 0 Å². The molecule has 0 bridgehead atoms. The van der Waals surface area contributed by atoms with Crippen LogP contribution in [0.15, 0.2) is 18.6 Å². The second-order valence-electron chi connectivity index (χ2n) is 3.91. The van der Waals surface area contributed by atoms with E-state index < -0.39 is 0 Å². The van der Waals surface area contributed by atoms with Crippen molar-refractivity contribution < 1.29 is 14.9 Å². The highest BCUT2D eigenvalue weighted by molar-refractivity contribution is 5.86. The van der Waals surface area contributed by atoms with E-state index in [0.29, 0.717) is 17.9 Å². The van der Waals surface area contributed by atoms with Crippen LogP contribution in [0.3, 0.4) is 0 Å². The lowest BCUT2D eigenvalue weighted by Gasteiger charge is -2.09. The van der Waals surface area contributed by atoms with Crippen LogP contribution in [0.25, 0.3) is 11.0 Å². The van der Waals surface area contributed by atoms with Gasteiger partial charge in [-0.05, 0) is 6.07 Å². The van der Waals surface area contributed by atoms with Crippen LogP contribution in [0.2, 0.25) is 0 Å². The van der Waals surface area contributed by atoms with Gasteiger partial charge in [-0.1, -0.05) is 0 Å². The van der Waals surface area contributed by atoms with Crippen molar-refractivity contribution in [2.45, 2.75) is 18.8 Å². The zero-order valence-corrected chi connectivity index (χ0v) is 8.98. The highest BCUT2D eigenvalue weighted by Gasteiger charge is 2.29. The molecule has 0 aromatic carbocycles. The number of aliphatic hydroxyl groups excluding tert-OH is 1. The summed E-state index contributed by atoms with van der Waals surface area (Å²) in [6.45, 7) is -0.0627. The number of hydrogen-bond donors (Lipinski definition) is 2. The zero-order chi connectivity index (χ0) is 11.8. The van der Waals surface area contributed by atoms with Gasteiger partial charge in [0.05, 0.1) is 12.0 Å². The number of anilines is 1. The van der Waals surface area contributed by atoms with E-state index in [-0.39, 0.29) is 18.9 Å². The molecule has 1 fully saturated rings. The minimum Gasteiger partial charge on any atom is -0.394 e. The molecule has 0 radical (unpaired) electrons. The van der Waals surface area contributed by atoms with Gasteiger partial charge in [-0.3, -0.25) is 0 Å². The standard InChI is InChI=1S/C10H12N4O3/c11-9-7-1-2-14(10(7)13-5-12-9)8-3-6(4-15)16-17-8/h1-2,5-6,8,15H,3-4H2,(H2,11,12,13). The molecule has 1 aliphatic rings. The zero-order valence-electron chi connectivity index (χ0n) is 8.98. The molecule has 90 valence electrons. The maximum Gasteiger partial charge on any atom is 0.172 e. The van der Waals surface area contributed by atoms with E-state index in [2.05, 4.69) is 9.97 Å². The Balaban J connectivity index is 1.99. The number of nitrogens with zero attached hydrogens (tertiary/aromatic N) is 3. The van der Waals surface area contributed by atoms with Gasteiger partial charge in [0, 0.05) is 12.6 Å². The summed E-state index contributed by atoms with van der Waals surface area (Å²) in [5.74, 6) is 0.436. The van der Waals surface area contributed by atoms with E-state index in [9.17, 15) is 0 Å². The Morgan fingerprint density at radius 3 is 3.12 bits per heavy atom. The Bertz CT molecular complexity index is 541. The maximum atomic E-state index is 8.98. The van der Waals surface area contributed by atoms with Gasteiger partial charge in [-0.15, -0.1) is 0 Å². The number of aliphatic hydroxyl groups is 1. The van der Waals surface area contributed by atoms with E-state index >= 15 is 0 Å². The van der Waals surface area contributed by atoms with Crippen LogP contribution in [-0.4, -0.2) is 32.4 Å². The molecule has 1 saturated heterocycles. The van der Waals surface area contributed by atoms with E-state index in [4.69, 9.17) is 20.6 Å². The molecule has 0 amide bonds. The van der Waals surface area contributed by atoms with Gasteiger partial charge in [0.25, 0.3) is 0 Å². The summed E-state index contributed by atoms with van der Waals surface area (Å²) in [5, 5.41) is 9.76. The summed E-state index contributed by atoms with van der Waals surface area (Å²) in [6, 6.07) is 1.83. The Hall–Kier alpha value is -1.70. The van der Waals surface area contributed by atoms with Crippen molar-refractivity contribution in [2.75, 3.05) is 12.3 Å². The number of fused-ring (bicyclic) bond motifs is 1.